The summed E-state index contributed by atoms with van der Waals surface area (Å²) in [5, 5.41) is 0. The molecule has 11 heavy (non-hydrogen) atoms. The van der Waals surface area contributed by atoms with Crippen molar-refractivity contribution in [3.63, 3.8) is 0 Å². The van der Waals surface area contributed by atoms with Gasteiger partial charge in [0.2, 0.25) is 0 Å². The zero-order chi connectivity index (χ0) is 8.27. The molecule has 0 radical (unpaired) electrons. The minimum absolute atomic E-state index is 0.326. The Morgan fingerprint density at radius 2 is 2.00 bits per heavy atom. The zero-order valence-electron chi connectivity index (χ0n) is 7.39. The standard InChI is InChI=1S/C10H16O/c1-3-8(4-2)9-5-6-10(11)7-9/h7-8H,3-6H2,1-2H3. The molecule has 0 aromatic carbocycles. The predicted molar refractivity (Wildman–Crippen MR) is 46.4 cm³/mol. The number of ketones is 1. The highest BCUT2D eigenvalue weighted by Crippen LogP contribution is 2.27. The van der Waals surface area contributed by atoms with Gasteiger partial charge in [0.1, 0.15) is 0 Å². The number of allylic oxidation sites excluding steroid dienone is 2. The molecule has 1 aliphatic carbocycles. The Balaban J connectivity index is 2.58. The molecular formula is C10H16O. The normalized spacial score (nSPS) is 17.7. The van der Waals surface area contributed by atoms with Crippen molar-refractivity contribution < 1.29 is 4.79 Å². The maximum atomic E-state index is 10.9. The summed E-state index contributed by atoms with van der Waals surface area (Å²) in [5.74, 6) is 0.994. The monoisotopic (exact) mass is 152 g/mol. The third-order valence-corrected chi connectivity index (χ3v) is 2.52. The van der Waals surface area contributed by atoms with Crippen LogP contribution in [-0.4, -0.2) is 5.78 Å². The minimum atomic E-state index is 0.326. The second kappa shape index (κ2) is 3.70. The Bertz CT molecular complexity index is 175. The summed E-state index contributed by atoms with van der Waals surface area (Å²) < 4.78 is 0. The molecule has 1 nitrogen and oxygen atoms in total. The highest BCUT2D eigenvalue weighted by atomic mass is 16.1. The Hall–Kier alpha value is -0.590. The van der Waals surface area contributed by atoms with Gasteiger partial charge >= 0.3 is 0 Å². The molecule has 0 aliphatic heterocycles. The van der Waals surface area contributed by atoms with E-state index in [1.54, 1.807) is 0 Å². The number of hydrogen-bond donors (Lipinski definition) is 0. The Kier molecular flexibility index (Phi) is 2.86. The Labute approximate surface area is 68.5 Å². The highest BCUT2D eigenvalue weighted by Gasteiger charge is 2.17. The fourth-order valence-electron chi connectivity index (χ4n) is 1.75. The van der Waals surface area contributed by atoms with Crippen LogP contribution in [0.4, 0.5) is 0 Å². The second-order valence-electron chi connectivity index (χ2n) is 3.20. The summed E-state index contributed by atoms with van der Waals surface area (Å²) in [4.78, 5) is 10.9. The van der Waals surface area contributed by atoms with Gasteiger partial charge in [-0.15, -0.1) is 0 Å². The van der Waals surface area contributed by atoms with E-state index in [1.165, 1.54) is 18.4 Å². The van der Waals surface area contributed by atoms with Crippen LogP contribution in [0.5, 0.6) is 0 Å². The van der Waals surface area contributed by atoms with Crippen LogP contribution < -0.4 is 0 Å². The molecule has 0 atom stereocenters. The summed E-state index contributed by atoms with van der Waals surface area (Å²) in [6, 6.07) is 0. The van der Waals surface area contributed by atoms with E-state index in [-0.39, 0.29) is 0 Å². The van der Waals surface area contributed by atoms with Gasteiger partial charge in [-0.2, -0.15) is 0 Å². The van der Waals surface area contributed by atoms with E-state index in [0.717, 1.165) is 12.8 Å². The first-order valence-electron chi connectivity index (χ1n) is 4.51. The van der Waals surface area contributed by atoms with Crippen LogP contribution in [0.15, 0.2) is 11.6 Å². The van der Waals surface area contributed by atoms with Crippen molar-refractivity contribution in [2.75, 3.05) is 0 Å². The first-order valence-corrected chi connectivity index (χ1v) is 4.51. The van der Waals surface area contributed by atoms with Gasteiger partial charge in [0.15, 0.2) is 5.78 Å². The Morgan fingerprint density at radius 3 is 2.36 bits per heavy atom. The molecule has 0 amide bonds. The lowest BCUT2D eigenvalue weighted by Gasteiger charge is -2.12. The molecule has 0 saturated carbocycles. The molecule has 0 fully saturated rings. The summed E-state index contributed by atoms with van der Waals surface area (Å²) in [7, 11) is 0. The lowest BCUT2D eigenvalue weighted by molar-refractivity contribution is -0.114. The maximum Gasteiger partial charge on any atom is 0.155 e. The van der Waals surface area contributed by atoms with Crippen LogP contribution in [-0.2, 0) is 4.79 Å². The molecule has 0 aromatic heterocycles. The molecule has 1 aliphatic rings. The molecule has 0 saturated heterocycles. The molecule has 0 bridgehead atoms. The van der Waals surface area contributed by atoms with Gasteiger partial charge in [-0.05, 0) is 31.3 Å². The molecular weight excluding hydrogens is 136 g/mol. The van der Waals surface area contributed by atoms with Crippen LogP contribution in [0.3, 0.4) is 0 Å². The third kappa shape index (κ3) is 1.92. The number of carbonyl (C=O) groups excluding carboxylic acids is 1. The fraction of sp³-hybridized carbons (Fsp3) is 0.700. The second-order valence-corrected chi connectivity index (χ2v) is 3.20. The average Bonchev–Trinajstić information content (AvgIpc) is 2.39. The first-order chi connectivity index (χ1) is 5.27. The van der Waals surface area contributed by atoms with Crippen molar-refractivity contribution in [1.82, 2.24) is 0 Å². The van der Waals surface area contributed by atoms with E-state index in [2.05, 4.69) is 13.8 Å². The van der Waals surface area contributed by atoms with Crippen LogP contribution in [0.25, 0.3) is 0 Å². The number of carbonyl (C=O) groups is 1. The largest absolute Gasteiger partial charge is 0.295 e. The van der Waals surface area contributed by atoms with Crippen LogP contribution in [0, 0.1) is 5.92 Å². The zero-order valence-corrected chi connectivity index (χ0v) is 7.39. The molecule has 62 valence electrons. The van der Waals surface area contributed by atoms with Gasteiger partial charge in [0.05, 0.1) is 0 Å². The molecule has 0 N–H and O–H groups in total. The van der Waals surface area contributed by atoms with Gasteiger partial charge in [-0.25, -0.2) is 0 Å². The van der Waals surface area contributed by atoms with Crippen molar-refractivity contribution >= 4 is 5.78 Å². The molecule has 1 heteroatoms. The van der Waals surface area contributed by atoms with Crippen molar-refractivity contribution in [3.8, 4) is 0 Å². The highest BCUT2D eigenvalue weighted by molar-refractivity contribution is 5.93. The molecule has 0 spiro atoms. The van der Waals surface area contributed by atoms with E-state index in [0.29, 0.717) is 11.7 Å². The van der Waals surface area contributed by atoms with E-state index < -0.39 is 0 Å². The minimum Gasteiger partial charge on any atom is -0.295 e. The van der Waals surface area contributed by atoms with Gasteiger partial charge in [0.25, 0.3) is 0 Å². The lowest BCUT2D eigenvalue weighted by atomic mass is 9.93. The Morgan fingerprint density at radius 1 is 1.36 bits per heavy atom. The fourth-order valence-corrected chi connectivity index (χ4v) is 1.75. The molecule has 0 heterocycles. The van der Waals surface area contributed by atoms with Gasteiger partial charge in [-0.3, -0.25) is 4.79 Å². The molecule has 0 unspecified atom stereocenters. The van der Waals surface area contributed by atoms with E-state index in [1.807, 2.05) is 6.08 Å². The summed E-state index contributed by atoms with van der Waals surface area (Å²) in [6.45, 7) is 4.38. The van der Waals surface area contributed by atoms with E-state index >= 15 is 0 Å². The predicted octanol–water partition coefficient (Wildman–Crippen LogP) is 2.71. The molecule has 0 aromatic rings. The smallest absolute Gasteiger partial charge is 0.155 e. The maximum absolute atomic E-state index is 10.9. The summed E-state index contributed by atoms with van der Waals surface area (Å²) >= 11 is 0. The van der Waals surface area contributed by atoms with E-state index in [9.17, 15) is 4.79 Å². The average molecular weight is 152 g/mol. The topological polar surface area (TPSA) is 17.1 Å². The van der Waals surface area contributed by atoms with Gasteiger partial charge < -0.3 is 0 Å². The third-order valence-electron chi connectivity index (χ3n) is 2.52. The van der Waals surface area contributed by atoms with Gasteiger partial charge in [-0.1, -0.05) is 19.4 Å². The molecule has 1 rings (SSSR count). The van der Waals surface area contributed by atoms with E-state index in [4.69, 9.17) is 0 Å². The van der Waals surface area contributed by atoms with Crippen LogP contribution in [0.2, 0.25) is 0 Å². The lowest BCUT2D eigenvalue weighted by Crippen LogP contribution is -1.98. The quantitative estimate of drug-likeness (QED) is 0.607. The van der Waals surface area contributed by atoms with Crippen LogP contribution in [0.1, 0.15) is 39.5 Å². The van der Waals surface area contributed by atoms with Gasteiger partial charge in [0, 0.05) is 6.42 Å². The first kappa shape index (κ1) is 8.51. The number of hydrogen-bond acceptors (Lipinski definition) is 1. The van der Waals surface area contributed by atoms with Crippen molar-refractivity contribution in [3.05, 3.63) is 11.6 Å². The SMILES string of the molecule is CCC(CC)C1=CC(=O)CC1. The van der Waals surface area contributed by atoms with Crippen molar-refractivity contribution in [2.45, 2.75) is 39.5 Å². The summed E-state index contributed by atoms with van der Waals surface area (Å²) in [6.07, 6.45) is 5.99. The van der Waals surface area contributed by atoms with Crippen LogP contribution >= 0.6 is 0 Å². The van der Waals surface area contributed by atoms with Crippen molar-refractivity contribution in [1.29, 1.82) is 0 Å². The van der Waals surface area contributed by atoms with Crippen molar-refractivity contribution in [2.24, 2.45) is 5.92 Å². The number of rotatable bonds is 3. The summed E-state index contributed by atoms with van der Waals surface area (Å²) in [5.41, 5.74) is 1.39.